The zero-order valence-corrected chi connectivity index (χ0v) is 18.3. The molecule has 0 spiro atoms. The summed E-state index contributed by atoms with van der Waals surface area (Å²) in [5.41, 5.74) is 1.28. The monoisotopic (exact) mass is 456 g/mol. The highest BCUT2D eigenvalue weighted by Gasteiger charge is 2.39. The Labute approximate surface area is 189 Å². The largest absolute Gasteiger partial charge is 0.465 e. The van der Waals surface area contributed by atoms with Gasteiger partial charge in [0.15, 0.2) is 0 Å². The summed E-state index contributed by atoms with van der Waals surface area (Å²) >= 11 is 6.13. The first-order valence-corrected chi connectivity index (χ1v) is 10.3. The molecule has 8 nitrogen and oxygen atoms in total. The molecule has 1 N–H and O–H groups in total. The number of amides is 2. The fourth-order valence-electron chi connectivity index (χ4n) is 2.94. The van der Waals surface area contributed by atoms with E-state index in [4.69, 9.17) is 16.3 Å². The zero-order chi connectivity index (χ0) is 23.3. The van der Waals surface area contributed by atoms with Crippen LogP contribution in [0.4, 0.5) is 11.4 Å². The number of anilines is 2. The molecule has 0 unspecified atom stereocenters. The summed E-state index contributed by atoms with van der Waals surface area (Å²) in [6.07, 6.45) is 1.71. The van der Waals surface area contributed by atoms with Crippen LogP contribution in [0.5, 0.6) is 0 Å². The van der Waals surface area contributed by atoms with Gasteiger partial charge in [-0.05, 0) is 55.0 Å². The van der Waals surface area contributed by atoms with E-state index < -0.39 is 23.8 Å². The Bertz CT molecular complexity index is 1080. The molecule has 32 heavy (non-hydrogen) atoms. The topological polar surface area (TPSA) is 102 Å². The third kappa shape index (κ3) is 4.81. The van der Waals surface area contributed by atoms with Crippen molar-refractivity contribution in [2.24, 2.45) is 0 Å². The van der Waals surface area contributed by atoms with Gasteiger partial charge in [0, 0.05) is 5.69 Å². The zero-order valence-electron chi connectivity index (χ0n) is 17.5. The summed E-state index contributed by atoms with van der Waals surface area (Å²) in [5, 5.41) is 2.57. The molecule has 2 amide bonds. The molecule has 9 heteroatoms. The second-order valence-corrected chi connectivity index (χ2v) is 7.24. The van der Waals surface area contributed by atoms with Crippen LogP contribution < -0.4 is 10.2 Å². The molecule has 166 valence electrons. The number of imide groups is 1. The highest BCUT2D eigenvalue weighted by molar-refractivity contribution is 6.53. The molecule has 1 heterocycles. The highest BCUT2D eigenvalue weighted by atomic mass is 35.5. The number of carbonyl (C=O) groups excluding carboxylic acids is 4. The molecule has 0 saturated heterocycles. The maximum absolute atomic E-state index is 12.9. The van der Waals surface area contributed by atoms with Crippen LogP contribution >= 0.6 is 11.6 Å². The molecule has 3 rings (SSSR count). The lowest BCUT2D eigenvalue weighted by atomic mass is 10.2. The van der Waals surface area contributed by atoms with Crippen molar-refractivity contribution in [3.8, 4) is 0 Å². The molecule has 0 radical (unpaired) electrons. The second-order valence-electron chi connectivity index (χ2n) is 6.86. The van der Waals surface area contributed by atoms with Gasteiger partial charge in [0.05, 0.1) is 30.5 Å². The van der Waals surface area contributed by atoms with E-state index in [-0.39, 0.29) is 22.0 Å². The maximum atomic E-state index is 12.9. The van der Waals surface area contributed by atoms with Gasteiger partial charge < -0.3 is 14.8 Å². The molecule has 1 aliphatic rings. The van der Waals surface area contributed by atoms with E-state index in [2.05, 4.69) is 10.1 Å². The van der Waals surface area contributed by atoms with Crippen molar-refractivity contribution >= 4 is 46.7 Å². The first-order valence-electron chi connectivity index (χ1n) is 9.88. The van der Waals surface area contributed by atoms with Crippen LogP contribution in [-0.4, -0.2) is 37.5 Å². The number of benzene rings is 2. The lowest BCUT2D eigenvalue weighted by Gasteiger charge is -2.15. The fraction of sp³-hybridized carbons (Fsp3) is 0.217. The lowest BCUT2D eigenvalue weighted by molar-refractivity contribution is -0.120. The highest BCUT2D eigenvalue weighted by Crippen LogP contribution is 2.30. The van der Waals surface area contributed by atoms with E-state index in [0.717, 1.165) is 17.7 Å². The van der Waals surface area contributed by atoms with Gasteiger partial charge in [-0.2, -0.15) is 0 Å². The van der Waals surface area contributed by atoms with Gasteiger partial charge in [0.1, 0.15) is 10.7 Å². The molecule has 2 aromatic carbocycles. The van der Waals surface area contributed by atoms with Crippen molar-refractivity contribution in [1.82, 2.24) is 0 Å². The predicted octanol–water partition coefficient (Wildman–Crippen LogP) is 3.87. The Kier molecular flexibility index (Phi) is 7.27. The number of unbranched alkanes of at least 4 members (excludes halogenated alkanes) is 1. The van der Waals surface area contributed by atoms with Crippen LogP contribution in [0.1, 0.15) is 40.5 Å². The van der Waals surface area contributed by atoms with Gasteiger partial charge in [0.25, 0.3) is 11.8 Å². The van der Waals surface area contributed by atoms with Crippen molar-refractivity contribution in [1.29, 1.82) is 0 Å². The molecule has 0 aromatic heterocycles. The number of nitrogens with zero attached hydrogens (tertiary/aromatic N) is 1. The van der Waals surface area contributed by atoms with E-state index in [1.807, 2.05) is 6.92 Å². The SMILES string of the molecule is CCCCOC(=O)c1ccc(NC2=C(Cl)C(=O)N(c3ccc(C(=O)OC)cc3)C2=O)cc1. The number of methoxy groups -OCH3 is 1. The van der Waals surface area contributed by atoms with Crippen LogP contribution in [0.2, 0.25) is 0 Å². The van der Waals surface area contributed by atoms with Crippen molar-refractivity contribution in [2.75, 3.05) is 23.9 Å². The lowest BCUT2D eigenvalue weighted by Crippen LogP contribution is -2.32. The van der Waals surface area contributed by atoms with Crippen LogP contribution in [0.3, 0.4) is 0 Å². The van der Waals surface area contributed by atoms with Crippen LogP contribution in [0, 0.1) is 0 Å². The fourth-order valence-corrected chi connectivity index (χ4v) is 3.15. The number of hydrogen-bond donors (Lipinski definition) is 1. The van der Waals surface area contributed by atoms with Crippen LogP contribution in [0.25, 0.3) is 0 Å². The normalized spacial score (nSPS) is 13.4. The van der Waals surface area contributed by atoms with Crippen LogP contribution in [0.15, 0.2) is 59.3 Å². The minimum absolute atomic E-state index is 0.0908. The molecule has 2 aromatic rings. The average Bonchev–Trinajstić information content (AvgIpc) is 3.02. The molecule has 0 fully saturated rings. The van der Waals surface area contributed by atoms with E-state index in [9.17, 15) is 19.2 Å². The Morgan fingerprint density at radius 2 is 1.53 bits per heavy atom. The minimum atomic E-state index is -0.693. The van der Waals surface area contributed by atoms with Gasteiger partial charge in [0.2, 0.25) is 0 Å². The van der Waals surface area contributed by atoms with E-state index >= 15 is 0 Å². The summed E-state index contributed by atoms with van der Waals surface area (Å²) in [7, 11) is 1.26. The predicted molar refractivity (Wildman–Crippen MR) is 118 cm³/mol. The number of esters is 2. The number of hydrogen-bond acceptors (Lipinski definition) is 7. The number of ether oxygens (including phenoxy) is 2. The van der Waals surface area contributed by atoms with Crippen molar-refractivity contribution < 1.29 is 28.7 Å². The number of rotatable bonds is 8. The van der Waals surface area contributed by atoms with Crippen molar-refractivity contribution in [3.63, 3.8) is 0 Å². The van der Waals surface area contributed by atoms with Crippen molar-refractivity contribution in [2.45, 2.75) is 19.8 Å². The van der Waals surface area contributed by atoms with Gasteiger partial charge >= 0.3 is 11.9 Å². The number of halogens is 1. The summed E-state index contributed by atoms with van der Waals surface area (Å²) < 4.78 is 9.80. The summed E-state index contributed by atoms with van der Waals surface area (Å²) in [6, 6.07) is 12.1. The molecular formula is C23H21ClN2O6. The standard InChI is InChI=1S/C23H21ClN2O6/c1-3-4-13-32-23(30)15-5-9-16(10-6-15)25-19-18(24)20(27)26(21(19)28)17-11-7-14(8-12-17)22(29)31-2/h5-12,25H,3-4,13H2,1-2H3. The smallest absolute Gasteiger partial charge is 0.338 e. The van der Waals surface area contributed by atoms with Crippen molar-refractivity contribution in [3.05, 3.63) is 70.4 Å². The molecule has 1 aliphatic heterocycles. The van der Waals surface area contributed by atoms with Gasteiger partial charge in [-0.3, -0.25) is 9.59 Å². The van der Waals surface area contributed by atoms with E-state index in [0.29, 0.717) is 17.9 Å². The van der Waals surface area contributed by atoms with Gasteiger partial charge in [-0.25, -0.2) is 14.5 Å². The van der Waals surface area contributed by atoms with E-state index in [1.54, 1.807) is 24.3 Å². The van der Waals surface area contributed by atoms with Crippen LogP contribution in [-0.2, 0) is 19.1 Å². The average molecular weight is 457 g/mol. The Hall–Kier alpha value is -3.65. The maximum Gasteiger partial charge on any atom is 0.338 e. The quantitative estimate of drug-likeness (QED) is 0.365. The Balaban J connectivity index is 1.72. The molecular weight excluding hydrogens is 436 g/mol. The number of carbonyl (C=O) groups is 4. The molecule has 0 atom stereocenters. The van der Waals surface area contributed by atoms with E-state index in [1.165, 1.54) is 31.4 Å². The second kappa shape index (κ2) is 10.1. The number of nitrogens with one attached hydrogen (secondary N) is 1. The summed E-state index contributed by atoms with van der Waals surface area (Å²) in [6.45, 7) is 2.35. The Morgan fingerprint density at radius 3 is 2.12 bits per heavy atom. The summed E-state index contributed by atoms with van der Waals surface area (Å²) in [4.78, 5) is 49.9. The third-order valence-corrected chi connectivity index (χ3v) is 5.05. The van der Waals surface area contributed by atoms with Gasteiger partial charge in [-0.1, -0.05) is 24.9 Å². The molecule has 0 aliphatic carbocycles. The Morgan fingerprint density at radius 1 is 0.938 bits per heavy atom. The molecule has 0 saturated carbocycles. The third-order valence-electron chi connectivity index (χ3n) is 4.69. The molecule has 0 bridgehead atoms. The summed E-state index contributed by atoms with van der Waals surface area (Å²) in [5.74, 6) is -2.31. The first-order chi connectivity index (χ1) is 15.4. The minimum Gasteiger partial charge on any atom is -0.465 e. The first kappa shape index (κ1) is 23.0. The van der Waals surface area contributed by atoms with Gasteiger partial charge in [-0.15, -0.1) is 0 Å².